The highest BCUT2D eigenvalue weighted by Crippen LogP contribution is 2.26. The molecule has 0 aromatic carbocycles. The summed E-state index contributed by atoms with van der Waals surface area (Å²) in [6.45, 7) is -0.406. The summed E-state index contributed by atoms with van der Waals surface area (Å²) < 4.78 is 3.53. The lowest BCUT2D eigenvalue weighted by Gasteiger charge is -2.06. The Balaban J connectivity index is 2.50. The molecule has 0 saturated heterocycles. The van der Waals surface area contributed by atoms with E-state index in [4.69, 9.17) is 5.11 Å². The van der Waals surface area contributed by atoms with E-state index in [1.54, 1.807) is 6.07 Å². The molecule has 1 N–H and O–H groups in total. The second-order valence-electron chi connectivity index (χ2n) is 4.77. The van der Waals surface area contributed by atoms with Crippen LogP contribution in [0.4, 0.5) is 0 Å². The van der Waals surface area contributed by atoms with Gasteiger partial charge in [0.05, 0.1) is 4.88 Å². The second-order valence-corrected chi connectivity index (χ2v) is 5.72. The first-order valence-corrected chi connectivity index (χ1v) is 7.21. The average Bonchev–Trinajstić information content (AvgIpc) is 3.10. The minimum absolute atomic E-state index is 0.107. The number of imidazole rings is 1. The van der Waals surface area contributed by atoms with Gasteiger partial charge in [-0.15, -0.1) is 11.3 Å². The third kappa shape index (κ3) is 1.98. The van der Waals surface area contributed by atoms with Gasteiger partial charge >= 0.3 is 11.7 Å². The Labute approximate surface area is 127 Å². The Morgan fingerprint density at radius 3 is 2.64 bits per heavy atom. The van der Waals surface area contributed by atoms with Gasteiger partial charge in [-0.1, -0.05) is 6.07 Å². The highest BCUT2D eigenvalue weighted by Gasteiger charge is 2.21. The summed E-state index contributed by atoms with van der Waals surface area (Å²) in [5, 5.41) is 11.0. The Morgan fingerprint density at radius 2 is 2.05 bits per heavy atom. The van der Waals surface area contributed by atoms with E-state index >= 15 is 0 Å². The first-order chi connectivity index (χ1) is 10.4. The Morgan fingerprint density at radius 1 is 1.32 bits per heavy atom. The average molecular weight is 320 g/mol. The van der Waals surface area contributed by atoms with Crippen molar-refractivity contribution in [3.63, 3.8) is 0 Å². The number of nitrogens with zero attached hydrogens (tertiary/aromatic N) is 4. The second kappa shape index (κ2) is 4.95. The van der Waals surface area contributed by atoms with Gasteiger partial charge in [0.1, 0.15) is 6.54 Å². The van der Waals surface area contributed by atoms with E-state index in [1.165, 1.54) is 34.6 Å². The van der Waals surface area contributed by atoms with E-state index in [2.05, 4.69) is 4.98 Å². The molecular weight excluding hydrogens is 308 g/mol. The summed E-state index contributed by atoms with van der Waals surface area (Å²) in [7, 11) is 2.85. The van der Waals surface area contributed by atoms with E-state index in [0.717, 1.165) is 9.44 Å². The first-order valence-electron chi connectivity index (χ1n) is 6.33. The van der Waals surface area contributed by atoms with Crippen LogP contribution in [0.3, 0.4) is 0 Å². The van der Waals surface area contributed by atoms with Gasteiger partial charge in [0.15, 0.2) is 17.0 Å². The lowest BCUT2D eigenvalue weighted by Crippen LogP contribution is -2.37. The van der Waals surface area contributed by atoms with Gasteiger partial charge < -0.3 is 9.67 Å². The summed E-state index contributed by atoms with van der Waals surface area (Å²) in [5.41, 5.74) is -0.780. The minimum Gasteiger partial charge on any atom is -0.480 e. The van der Waals surface area contributed by atoms with Crippen molar-refractivity contribution in [1.29, 1.82) is 0 Å². The largest absolute Gasteiger partial charge is 0.480 e. The number of hydrogen-bond acceptors (Lipinski definition) is 5. The van der Waals surface area contributed by atoms with Crippen LogP contribution in [-0.4, -0.2) is 29.8 Å². The molecule has 0 bridgehead atoms. The molecule has 8 nitrogen and oxygen atoms in total. The molecule has 3 aromatic rings. The fourth-order valence-electron chi connectivity index (χ4n) is 2.33. The normalized spacial score (nSPS) is 11.2. The van der Waals surface area contributed by atoms with E-state index in [0.29, 0.717) is 5.82 Å². The molecule has 0 atom stereocenters. The van der Waals surface area contributed by atoms with Crippen LogP contribution in [0.15, 0.2) is 27.1 Å². The number of aliphatic carboxylic acids is 1. The van der Waals surface area contributed by atoms with Crippen molar-refractivity contribution in [3.8, 4) is 10.7 Å². The molecule has 114 valence electrons. The van der Waals surface area contributed by atoms with Crippen molar-refractivity contribution in [2.24, 2.45) is 14.1 Å². The molecule has 0 aliphatic heterocycles. The van der Waals surface area contributed by atoms with Crippen molar-refractivity contribution in [2.45, 2.75) is 6.54 Å². The van der Waals surface area contributed by atoms with Crippen LogP contribution < -0.4 is 11.2 Å². The number of aryl methyl sites for hydroxylation is 1. The fourth-order valence-corrected chi connectivity index (χ4v) is 3.05. The standard InChI is InChI=1S/C13H12N4O4S/c1-15-11-9(12(20)16(2)13(15)21)17(6-8(18)19)10(14-11)7-4-3-5-22-7/h3-5H,6H2,1-2H3,(H,18,19). The van der Waals surface area contributed by atoms with Crippen molar-refractivity contribution in [1.82, 2.24) is 18.7 Å². The lowest BCUT2D eigenvalue weighted by molar-refractivity contribution is -0.137. The summed E-state index contributed by atoms with van der Waals surface area (Å²) in [6, 6.07) is 3.59. The number of fused-ring (bicyclic) bond motifs is 1. The quantitative estimate of drug-likeness (QED) is 0.745. The third-order valence-corrected chi connectivity index (χ3v) is 4.25. The van der Waals surface area contributed by atoms with Gasteiger partial charge in [-0.2, -0.15) is 0 Å². The number of rotatable bonds is 3. The zero-order valence-electron chi connectivity index (χ0n) is 11.8. The highest BCUT2D eigenvalue weighted by atomic mass is 32.1. The van der Waals surface area contributed by atoms with Crippen molar-refractivity contribution < 1.29 is 9.90 Å². The topological polar surface area (TPSA) is 99.1 Å². The number of carboxylic acids is 1. The molecule has 0 amide bonds. The molecule has 0 unspecified atom stereocenters. The Bertz CT molecular complexity index is 994. The van der Waals surface area contributed by atoms with Crippen LogP contribution in [0.2, 0.25) is 0 Å². The molecule has 0 aliphatic rings. The van der Waals surface area contributed by atoms with Crippen LogP contribution in [0.1, 0.15) is 0 Å². The fraction of sp³-hybridized carbons (Fsp3) is 0.231. The summed E-state index contributed by atoms with van der Waals surface area (Å²) in [6.07, 6.45) is 0. The third-order valence-electron chi connectivity index (χ3n) is 3.38. The molecule has 0 radical (unpaired) electrons. The maximum atomic E-state index is 12.4. The van der Waals surface area contributed by atoms with Crippen LogP contribution >= 0.6 is 11.3 Å². The Hall–Kier alpha value is -2.68. The molecule has 0 spiro atoms. The summed E-state index contributed by atoms with van der Waals surface area (Å²) >= 11 is 1.38. The van der Waals surface area contributed by atoms with E-state index in [9.17, 15) is 14.4 Å². The maximum Gasteiger partial charge on any atom is 0.332 e. The summed E-state index contributed by atoms with van der Waals surface area (Å²) in [5.74, 6) is -0.723. The van der Waals surface area contributed by atoms with Gasteiger partial charge in [-0.05, 0) is 11.4 Å². The van der Waals surface area contributed by atoms with Gasteiger partial charge in [-0.25, -0.2) is 9.78 Å². The SMILES string of the molecule is Cn1c(=O)c2c(nc(-c3cccs3)n2CC(=O)O)n(C)c1=O. The van der Waals surface area contributed by atoms with Gasteiger partial charge in [-0.3, -0.25) is 18.7 Å². The van der Waals surface area contributed by atoms with Crippen LogP contribution in [0, 0.1) is 0 Å². The number of thiophene rings is 1. The predicted octanol–water partition coefficient (Wildman–Crippen LogP) is 0.247. The number of aromatic nitrogens is 4. The van der Waals surface area contributed by atoms with E-state index in [1.807, 2.05) is 11.4 Å². The molecule has 22 heavy (non-hydrogen) atoms. The predicted molar refractivity (Wildman–Crippen MR) is 81.2 cm³/mol. The van der Waals surface area contributed by atoms with Crippen LogP contribution in [0.25, 0.3) is 21.9 Å². The number of carboxylic acid groups (broad SMARTS) is 1. The molecule has 0 aliphatic carbocycles. The van der Waals surface area contributed by atoms with Crippen molar-refractivity contribution in [2.75, 3.05) is 0 Å². The first kappa shape index (κ1) is 14.3. The molecule has 0 saturated carbocycles. The molecule has 0 fully saturated rings. The van der Waals surface area contributed by atoms with E-state index in [-0.39, 0.29) is 11.2 Å². The van der Waals surface area contributed by atoms with Gasteiger partial charge in [0, 0.05) is 14.1 Å². The zero-order chi connectivity index (χ0) is 16.0. The molecular formula is C13H12N4O4S. The zero-order valence-corrected chi connectivity index (χ0v) is 12.6. The summed E-state index contributed by atoms with van der Waals surface area (Å²) in [4.78, 5) is 40.6. The molecule has 3 heterocycles. The molecule has 3 aromatic heterocycles. The van der Waals surface area contributed by atoms with Gasteiger partial charge in [0.2, 0.25) is 0 Å². The monoisotopic (exact) mass is 320 g/mol. The van der Waals surface area contributed by atoms with E-state index < -0.39 is 23.8 Å². The lowest BCUT2D eigenvalue weighted by atomic mass is 10.4. The van der Waals surface area contributed by atoms with Crippen molar-refractivity contribution >= 4 is 28.5 Å². The number of carbonyl (C=O) groups is 1. The Kier molecular flexibility index (Phi) is 3.21. The van der Waals surface area contributed by atoms with Crippen LogP contribution in [-0.2, 0) is 25.4 Å². The molecule has 9 heteroatoms. The minimum atomic E-state index is -1.09. The maximum absolute atomic E-state index is 12.4. The molecule has 3 rings (SSSR count). The van der Waals surface area contributed by atoms with Crippen molar-refractivity contribution in [3.05, 3.63) is 38.4 Å². The van der Waals surface area contributed by atoms with Gasteiger partial charge in [0.25, 0.3) is 5.56 Å². The highest BCUT2D eigenvalue weighted by molar-refractivity contribution is 7.13. The smallest absolute Gasteiger partial charge is 0.332 e. The number of hydrogen-bond donors (Lipinski definition) is 1. The van der Waals surface area contributed by atoms with Crippen LogP contribution in [0.5, 0.6) is 0 Å².